The molecule has 0 fully saturated rings. The van der Waals surface area contributed by atoms with Gasteiger partial charge in [0.15, 0.2) is 0 Å². The number of hydrogen-bond donors (Lipinski definition) is 2. The van der Waals surface area contributed by atoms with E-state index in [4.69, 9.17) is 5.73 Å². The van der Waals surface area contributed by atoms with Crippen molar-refractivity contribution in [2.24, 2.45) is 5.73 Å². The monoisotopic (exact) mass is 244 g/mol. The highest BCUT2D eigenvalue weighted by Gasteiger charge is 2.05. The Bertz CT molecular complexity index is 598. The zero-order valence-electron chi connectivity index (χ0n) is 10.5. The van der Waals surface area contributed by atoms with Crippen molar-refractivity contribution in [1.82, 2.24) is 15.0 Å². The Labute approximate surface area is 105 Å². The summed E-state index contributed by atoms with van der Waals surface area (Å²) in [7, 11) is 0. The Balaban J connectivity index is 2.52. The zero-order chi connectivity index (χ0) is 13.1. The topological polar surface area (TPSA) is 84.7 Å². The van der Waals surface area contributed by atoms with Gasteiger partial charge in [0.2, 0.25) is 0 Å². The largest absolute Gasteiger partial charge is 0.330 e. The van der Waals surface area contributed by atoms with Crippen LogP contribution in [0.25, 0.3) is 11.4 Å². The summed E-state index contributed by atoms with van der Waals surface area (Å²) in [6.07, 6.45) is 0.597. The second kappa shape index (κ2) is 5.10. The van der Waals surface area contributed by atoms with Gasteiger partial charge in [-0.3, -0.25) is 9.78 Å². The van der Waals surface area contributed by atoms with Gasteiger partial charge in [-0.2, -0.15) is 0 Å². The minimum atomic E-state index is -0.157. The molecule has 2 heterocycles. The van der Waals surface area contributed by atoms with Gasteiger partial charge < -0.3 is 10.7 Å². The summed E-state index contributed by atoms with van der Waals surface area (Å²) in [5.74, 6) is 0.569. The van der Waals surface area contributed by atoms with Crippen LogP contribution in [0.5, 0.6) is 0 Å². The van der Waals surface area contributed by atoms with Gasteiger partial charge in [0.25, 0.3) is 5.56 Å². The van der Waals surface area contributed by atoms with E-state index in [1.807, 2.05) is 26.0 Å². The molecular weight excluding hydrogens is 228 g/mol. The number of pyridine rings is 1. The fraction of sp³-hybridized carbons (Fsp3) is 0.308. The lowest BCUT2D eigenvalue weighted by Gasteiger charge is -2.05. The van der Waals surface area contributed by atoms with Gasteiger partial charge in [0.05, 0.1) is 0 Å². The molecule has 0 aliphatic rings. The molecule has 2 aromatic heterocycles. The van der Waals surface area contributed by atoms with Crippen molar-refractivity contribution >= 4 is 0 Å². The molecule has 0 bridgehead atoms. The molecule has 0 unspecified atom stereocenters. The van der Waals surface area contributed by atoms with Crippen LogP contribution >= 0.6 is 0 Å². The lowest BCUT2D eigenvalue weighted by atomic mass is 10.2. The number of H-pyrrole nitrogens is 1. The van der Waals surface area contributed by atoms with Crippen LogP contribution in [0.3, 0.4) is 0 Å². The summed E-state index contributed by atoms with van der Waals surface area (Å²) in [6, 6.07) is 5.28. The Morgan fingerprint density at radius 2 is 1.83 bits per heavy atom. The Hall–Kier alpha value is -2.01. The van der Waals surface area contributed by atoms with E-state index < -0.39 is 0 Å². The third kappa shape index (κ3) is 2.81. The summed E-state index contributed by atoms with van der Waals surface area (Å²) in [6.45, 7) is 4.31. The molecule has 0 aromatic carbocycles. The molecular formula is C13H16N4O. The van der Waals surface area contributed by atoms with E-state index in [9.17, 15) is 4.79 Å². The molecule has 2 aromatic rings. The van der Waals surface area contributed by atoms with Crippen LogP contribution in [0.2, 0.25) is 0 Å². The lowest BCUT2D eigenvalue weighted by Crippen LogP contribution is -2.13. The smallest absolute Gasteiger partial charge is 0.251 e. The van der Waals surface area contributed by atoms with E-state index >= 15 is 0 Å². The van der Waals surface area contributed by atoms with E-state index in [1.165, 1.54) is 6.07 Å². The third-order valence-electron chi connectivity index (χ3n) is 2.55. The zero-order valence-corrected chi connectivity index (χ0v) is 10.5. The highest BCUT2D eigenvalue weighted by atomic mass is 16.1. The fourth-order valence-corrected chi connectivity index (χ4v) is 1.89. The van der Waals surface area contributed by atoms with Crippen molar-refractivity contribution in [3.05, 3.63) is 45.6 Å². The molecule has 0 radical (unpaired) electrons. The number of nitrogens with zero attached hydrogens (tertiary/aromatic N) is 2. The van der Waals surface area contributed by atoms with Crippen LogP contribution in [0.15, 0.2) is 23.0 Å². The van der Waals surface area contributed by atoms with Gasteiger partial charge >= 0.3 is 0 Å². The molecule has 5 heteroatoms. The third-order valence-corrected chi connectivity index (χ3v) is 2.55. The van der Waals surface area contributed by atoms with Crippen LogP contribution in [-0.2, 0) is 6.42 Å². The molecule has 0 amide bonds. The molecule has 0 spiro atoms. The van der Waals surface area contributed by atoms with Crippen molar-refractivity contribution in [1.29, 1.82) is 0 Å². The van der Waals surface area contributed by atoms with Gasteiger partial charge in [-0.05, 0) is 32.5 Å². The highest BCUT2D eigenvalue weighted by molar-refractivity contribution is 5.55. The highest BCUT2D eigenvalue weighted by Crippen LogP contribution is 2.15. The summed E-state index contributed by atoms with van der Waals surface area (Å²) in [4.78, 5) is 23.0. The minimum absolute atomic E-state index is 0.157. The molecule has 2 rings (SSSR count). The molecule has 18 heavy (non-hydrogen) atoms. The van der Waals surface area contributed by atoms with Gasteiger partial charge in [-0.25, -0.2) is 4.98 Å². The first-order chi connectivity index (χ1) is 8.58. The standard InChI is InChI=1S/C13H16N4O/c1-8-5-10(6-9(2)15-8)13-16-11(3-4-14)7-12(18)17-13/h5-7H,3-4,14H2,1-2H3,(H,16,17,18). The average molecular weight is 244 g/mol. The Morgan fingerprint density at radius 3 is 2.44 bits per heavy atom. The van der Waals surface area contributed by atoms with E-state index in [0.717, 1.165) is 17.0 Å². The summed E-state index contributed by atoms with van der Waals surface area (Å²) in [5.41, 5.74) is 8.71. The summed E-state index contributed by atoms with van der Waals surface area (Å²) >= 11 is 0. The van der Waals surface area contributed by atoms with Gasteiger partial charge in [-0.15, -0.1) is 0 Å². The second-order valence-electron chi connectivity index (χ2n) is 4.26. The number of nitrogens with one attached hydrogen (secondary N) is 1. The summed E-state index contributed by atoms with van der Waals surface area (Å²) < 4.78 is 0. The lowest BCUT2D eigenvalue weighted by molar-refractivity contribution is 0.905. The molecule has 0 aliphatic carbocycles. The van der Waals surface area contributed by atoms with E-state index in [1.54, 1.807) is 0 Å². The normalized spacial score (nSPS) is 10.6. The van der Waals surface area contributed by atoms with Crippen molar-refractivity contribution < 1.29 is 0 Å². The fourth-order valence-electron chi connectivity index (χ4n) is 1.89. The van der Waals surface area contributed by atoms with E-state index in [-0.39, 0.29) is 5.56 Å². The quantitative estimate of drug-likeness (QED) is 0.841. The minimum Gasteiger partial charge on any atom is -0.330 e. The summed E-state index contributed by atoms with van der Waals surface area (Å²) in [5, 5.41) is 0. The maximum absolute atomic E-state index is 11.6. The molecule has 5 nitrogen and oxygen atoms in total. The predicted octanol–water partition coefficient (Wildman–Crippen LogP) is 0.950. The first-order valence-corrected chi connectivity index (χ1v) is 5.84. The first kappa shape index (κ1) is 12.4. The first-order valence-electron chi connectivity index (χ1n) is 5.84. The predicted molar refractivity (Wildman–Crippen MR) is 70.3 cm³/mol. The van der Waals surface area contributed by atoms with Crippen LogP contribution in [0.4, 0.5) is 0 Å². The van der Waals surface area contributed by atoms with Crippen molar-refractivity contribution in [3.63, 3.8) is 0 Å². The molecule has 3 N–H and O–H groups in total. The number of aromatic nitrogens is 3. The molecule has 94 valence electrons. The number of nitrogens with two attached hydrogens (primary N) is 1. The second-order valence-corrected chi connectivity index (χ2v) is 4.26. The van der Waals surface area contributed by atoms with Gasteiger partial charge in [0.1, 0.15) is 5.82 Å². The average Bonchev–Trinajstić information content (AvgIpc) is 2.27. The Morgan fingerprint density at radius 1 is 1.17 bits per heavy atom. The SMILES string of the molecule is Cc1cc(-c2nc(CCN)cc(=O)[nH]2)cc(C)n1. The maximum Gasteiger partial charge on any atom is 0.251 e. The number of hydrogen-bond acceptors (Lipinski definition) is 4. The van der Waals surface area contributed by atoms with Crippen LogP contribution in [-0.4, -0.2) is 21.5 Å². The van der Waals surface area contributed by atoms with E-state index in [2.05, 4.69) is 15.0 Å². The van der Waals surface area contributed by atoms with Gasteiger partial charge in [0, 0.05) is 35.1 Å². The molecule has 0 aliphatic heterocycles. The van der Waals surface area contributed by atoms with Crippen LogP contribution in [0, 0.1) is 13.8 Å². The van der Waals surface area contributed by atoms with Crippen LogP contribution < -0.4 is 11.3 Å². The number of rotatable bonds is 3. The molecule has 0 atom stereocenters. The molecule has 0 saturated heterocycles. The van der Waals surface area contributed by atoms with Gasteiger partial charge in [-0.1, -0.05) is 0 Å². The number of aryl methyl sites for hydroxylation is 2. The Kier molecular flexibility index (Phi) is 3.53. The van der Waals surface area contributed by atoms with Crippen LogP contribution in [0.1, 0.15) is 17.1 Å². The van der Waals surface area contributed by atoms with Crippen molar-refractivity contribution in [2.45, 2.75) is 20.3 Å². The van der Waals surface area contributed by atoms with Crippen molar-refractivity contribution in [3.8, 4) is 11.4 Å². The van der Waals surface area contributed by atoms with Crippen molar-refractivity contribution in [2.75, 3.05) is 6.54 Å². The maximum atomic E-state index is 11.6. The molecule has 0 saturated carbocycles. The number of aromatic amines is 1. The van der Waals surface area contributed by atoms with E-state index in [0.29, 0.717) is 24.5 Å².